The molecule has 0 aliphatic heterocycles. The van der Waals surface area contributed by atoms with E-state index in [4.69, 9.17) is 0 Å². The number of hydrogen-bond donors (Lipinski definition) is 1. The predicted octanol–water partition coefficient (Wildman–Crippen LogP) is 3.94. The number of carbonyl (C=O) groups excluding carboxylic acids is 2. The van der Waals surface area contributed by atoms with Crippen LogP contribution in [-0.2, 0) is 17.8 Å². The molecule has 0 aromatic heterocycles. The van der Waals surface area contributed by atoms with Gasteiger partial charge in [0.05, 0.1) is 6.42 Å². The first-order chi connectivity index (χ1) is 12.6. The Morgan fingerprint density at radius 1 is 1.00 bits per heavy atom. The molecular formula is C19H18BrF3N2O2. The second-order valence-electron chi connectivity index (χ2n) is 6.05. The maximum Gasteiger partial charge on any atom is 0.405 e. The first kappa shape index (κ1) is 21.0. The molecule has 0 aliphatic rings. The summed E-state index contributed by atoms with van der Waals surface area (Å²) in [5.41, 5.74) is 1.80. The van der Waals surface area contributed by atoms with Gasteiger partial charge in [0.15, 0.2) is 0 Å². The normalized spacial score (nSPS) is 11.1. The predicted molar refractivity (Wildman–Crippen MR) is 99.2 cm³/mol. The van der Waals surface area contributed by atoms with Crippen LogP contribution in [0.3, 0.4) is 0 Å². The van der Waals surface area contributed by atoms with E-state index in [2.05, 4.69) is 15.9 Å². The van der Waals surface area contributed by atoms with Gasteiger partial charge in [0.2, 0.25) is 5.91 Å². The second kappa shape index (κ2) is 9.03. The molecule has 2 amide bonds. The summed E-state index contributed by atoms with van der Waals surface area (Å²) in [5, 5.41) is 1.82. The lowest BCUT2D eigenvalue weighted by Gasteiger charge is -2.17. The van der Waals surface area contributed by atoms with Gasteiger partial charge in [-0.3, -0.25) is 9.59 Å². The standard InChI is InChI=1S/C19H18BrF3N2O2/c1-25(17(26)10-13-4-8-16(20)9-5-13)11-14-2-6-15(7-3-14)18(27)24-12-19(21,22)23/h2-9H,10-12H2,1H3,(H,24,27). The van der Waals surface area contributed by atoms with Crippen molar-refractivity contribution < 1.29 is 22.8 Å². The van der Waals surface area contributed by atoms with Gasteiger partial charge in [0.25, 0.3) is 5.91 Å². The highest BCUT2D eigenvalue weighted by Gasteiger charge is 2.27. The second-order valence-corrected chi connectivity index (χ2v) is 6.96. The Bertz CT molecular complexity index is 790. The minimum Gasteiger partial charge on any atom is -0.343 e. The third-order valence-electron chi connectivity index (χ3n) is 3.78. The summed E-state index contributed by atoms with van der Waals surface area (Å²) in [6, 6.07) is 13.6. The van der Waals surface area contributed by atoms with E-state index in [0.717, 1.165) is 15.6 Å². The molecule has 27 heavy (non-hydrogen) atoms. The molecule has 1 N–H and O–H groups in total. The van der Waals surface area contributed by atoms with Crippen molar-refractivity contribution in [2.24, 2.45) is 0 Å². The zero-order chi connectivity index (χ0) is 20.0. The molecule has 0 saturated carbocycles. The van der Waals surface area contributed by atoms with Gasteiger partial charge in [-0.25, -0.2) is 0 Å². The third-order valence-corrected chi connectivity index (χ3v) is 4.31. The SMILES string of the molecule is CN(Cc1ccc(C(=O)NCC(F)(F)F)cc1)C(=O)Cc1ccc(Br)cc1. The van der Waals surface area contributed by atoms with Gasteiger partial charge < -0.3 is 10.2 Å². The van der Waals surface area contributed by atoms with Gasteiger partial charge in [-0.2, -0.15) is 13.2 Å². The Kier molecular flexibility index (Phi) is 7.01. The molecule has 0 saturated heterocycles. The van der Waals surface area contributed by atoms with Crippen LogP contribution in [0.5, 0.6) is 0 Å². The van der Waals surface area contributed by atoms with Crippen LogP contribution >= 0.6 is 15.9 Å². The van der Waals surface area contributed by atoms with Crippen LogP contribution in [0.1, 0.15) is 21.5 Å². The zero-order valence-electron chi connectivity index (χ0n) is 14.5. The maximum absolute atomic E-state index is 12.3. The molecule has 0 radical (unpaired) electrons. The van der Waals surface area contributed by atoms with Crippen molar-refractivity contribution in [3.8, 4) is 0 Å². The Morgan fingerprint density at radius 3 is 2.11 bits per heavy atom. The van der Waals surface area contributed by atoms with Gasteiger partial charge >= 0.3 is 6.18 Å². The lowest BCUT2D eigenvalue weighted by Crippen LogP contribution is -2.33. The van der Waals surface area contributed by atoms with Crippen molar-refractivity contribution in [3.05, 3.63) is 69.7 Å². The molecule has 0 atom stereocenters. The van der Waals surface area contributed by atoms with Gasteiger partial charge in [-0.05, 0) is 35.4 Å². The molecule has 0 bridgehead atoms. The third kappa shape index (κ3) is 7.05. The fourth-order valence-electron chi connectivity index (χ4n) is 2.32. The van der Waals surface area contributed by atoms with Crippen molar-refractivity contribution in [2.45, 2.75) is 19.1 Å². The van der Waals surface area contributed by atoms with Crippen LogP contribution in [0.15, 0.2) is 53.0 Å². The highest BCUT2D eigenvalue weighted by Crippen LogP contribution is 2.14. The molecule has 2 rings (SSSR count). The number of nitrogens with zero attached hydrogens (tertiary/aromatic N) is 1. The average molecular weight is 443 g/mol. The van der Waals surface area contributed by atoms with Crippen LogP contribution < -0.4 is 5.32 Å². The van der Waals surface area contributed by atoms with Gasteiger partial charge in [0, 0.05) is 23.6 Å². The van der Waals surface area contributed by atoms with E-state index >= 15 is 0 Å². The van der Waals surface area contributed by atoms with Crippen molar-refractivity contribution in [1.29, 1.82) is 0 Å². The molecule has 144 valence electrons. The monoisotopic (exact) mass is 442 g/mol. The maximum atomic E-state index is 12.3. The topological polar surface area (TPSA) is 49.4 Å². The molecule has 0 aliphatic carbocycles. The first-order valence-corrected chi connectivity index (χ1v) is 8.85. The minimum atomic E-state index is -4.45. The van der Waals surface area contributed by atoms with Crippen molar-refractivity contribution in [1.82, 2.24) is 10.2 Å². The molecule has 0 unspecified atom stereocenters. The number of amides is 2. The Hall–Kier alpha value is -2.35. The Labute approximate surface area is 163 Å². The summed E-state index contributed by atoms with van der Waals surface area (Å²) < 4.78 is 37.3. The van der Waals surface area contributed by atoms with Crippen LogP contribution in [0, 0.1) is 0 Å². The van der Waals surface area contributed by atoms with E-state index in [1.165, 1.54) is 12.1 Å². The van der Waals surface area contributed by atoms with E-state index in [9.17, 15) is 22.8 Å². The van der Waals surface area contributed by atoms with Crippen molar-refractivity contribution in [3.63, 3.8) is 0 Å². The zero-order valence-corrected chi connectivity index (χ0v) is 16.1. The molecule has 2 aromatic rings. The summed E-state index contributed by atoms with van der Waals surface area (Å²) in [4.78, 5) is 25.5. The summed E-state index contributed by atoms with van der Waals surface area (Å²) in [7, 11) is 1.67. The molecule has 2 aromatic carbocycles. The highest BCUT2D eigenvalue weighted by molar-refractivity contribution is 9.10. The van der Waals surface area contributed by atoms with Crippen molar-refractivity contribution >= 4 is 27.7 Å². The summed E-state index contributed by atoms with van der Waals surface area (Å²) in [6.07, 6.45) is -4.19. The van der Waals surface area contributed by atoms with Crippen molar-refractivity contribution in [2.75, 3.05) is 13.6 Å². The lowest BCUT2D eigenvalue weighted by molar-refractivity contribution is -0.129. The lowest BCUT2D eigenvalue weighted by atomic mass is 10.1. The first-order valence-electron chi connectivity index (χ1n) is 8.06. The van der Waals surface area contributed by atoms with Gasteiger partial charge in [-0.1, -0.05) is 40.2 Å². The highest BCUT2D eigenvalue weighted by atomic mass is 79.9. The fourth-order valence-corrected chi connectivity index (χ4v) is 2.58. The van der Waals surface area contributed by atoms with Crippen LogP contribution in [0.4, 0.5) is 13.2 Å². The fraction of sp³-hybridized carbons (Fsp3) is 0.263. The Balaban J connectivity index is 1.90. The number of carbonyl (C=O) groups is 2. The number of alkyl halides is 3. The molecule has 8 heteroatoms. The van der Waals surface area contributed by atoms with E-state index in [0.29, 0.717) is 6.54 Å². The van der Waals surface area contributed by atoms with E-state index < -0.39 is 18.6 Å². The number of halogens is 4. The summed E-state index contributed by atoms with van der Waals surface area (Å²) >= 11 is 3.34. The van der Waals surface area contributed by atoms with E-state index in [1.807, 2.05) is 29.6 Å². The molecule has 4 nitrogen and oxygen atoms in total. The largest absolute Gasteiger partial charge is 0.405 e. The number of hydrogen-bond acceptors (Lipinski definition) is 2. The Morgan fingerprint density at radius 2 is 1.56 bits per heavy atom. The van der Waals surface area contributed by atoms with E-state index in [1.54, 1.807) is 24.1 Å². The smallest absolute Gasteiger partial charge is 0.343 e. The number of nitrogens with one attached hydrogen (secondary N) is 1. The quantitative estimate of drug-likeness (QED) is 0.736. The minimum absolute atomic E-state index is 0.0654. The molecule has 0 heterocycles. The molecule has 0 fully saturated rings. The number of rotatable bonds is 6. The number of benzene rings is 2. The summed E-state index contributed by atoms with van der Waals surface area (Å²) in [6.45, 7) is -1.04. The summed E-state index contributed by atoms with van der Waals surface area (Å²) in [5.74, 6) is -0.858. The number of likely N-dealkylation sites (N-methyl/N-ethyl adjacent to an activating group) is 1. The van der Waals surface area contributed by atoms with Gasteiger partial charge in [-0.15, -0.1) is 0 Å². The van der Waals surface area contributed by atoms with Crippen LogP contribution in [-0.4, -0.2) is 36.5 Å². The van der Waals surface area contributed by atoms with E-state index in [-0.39, 0.29) is 17.9 Å². The molecule has 0 spiro atoms. The van der Waals surface area contributed by atoms with Gasteiger partial charge in [0.1, 0.15) is 6.54 Å². The molecular weight excluding hydrogens is 425 g/mol. The average Bonchev–Trinajstić information content (AvgIpc) is 2.61. The van der Waals surface area contributed by atoms with Crippen LogP contribution in [0.2, 0.25) is 0 Å². The van der Waals surface area contributed by atoms with Crippen LogP contribution in [0.25, 0.3) is 0 Å².